The third-order valence-electron chi connectivity index (χ3n) is 5.36. The monoisotopic (exact) mass is 549 g/mol. The normalized spacial score (nSPS) is 11.7. The van der Waals surface area contributed by atoms with E-state index >= 15 is 0 Å². The number of sulfonamides is 2. The predicted octanol–water partition coefficient (Wildman–Crippen LogP) is 4.94. The van der Waals surface area contributed by atoms with E-state index in [4.69, 9.17) is 11.6 Å². The minimum Gasteiger partial charge on any atom is -0.326 e. The van der Waals surface area contributed by atoms with E-state index in [9.17, 15) is 21.6 Å². The fraction of sp³-hybridized carbons (Fsp3) is 0.240. The summed E-state index contributed by atoms with van der Waals surface area (Å²) >= 11 is 6.04. The van der Waals surface area contributed by atoms with Gasteiger partial charge in [-0.3, -0.25) is 13.8 Å². The summed E-state index contributed by atoms with van der Waals surface area (Å²) in [7, 11) is -7.35. The Hall–Kier alpha value is -3.08. The van der Waals surface area contributed by atoms with Gasteiger partial charge < -0.3 is 5.32 Å². The fourth-order valence-electron chi connectivity index (χ4n) is 3.48. The number of hydrogen-bond acceptors (Lipinski definition) is 5. The van der Waals surface area contributed by atoms with E-state index in [1.807, 2.05) is 19.1 Å². The van der Waals surface area contributed by atoms with Crippen molar-refractivity contribution in [1.82, 2.24) is 0 Å². The van der Waals surface area contributed by atoms with Crippen LogP contribution in [0.4, 0.5) is 17.1 Å². The Morgan fingerprint density at radius 1 is 0.889 bits per heavy atom. The van der Waals surface area contributed by atoms with Crippen LogP contribution in [0.3, 0.4) is 0 Å². The zero-order valence-corrected chi connectivity index (χ0v) is 22.5. The summed E-state index contributed by atoms with van der Waals surface area (Å²) in [5.74, 6) is -0.320. The summed E-state index contributed by atoms with van der Waals surface area (Å²) in [5.41, 5.74) is 3.12. The predicted molar refractivity (Wildman–Crippen MR) is 145 cm³/mol. The molecule has 0 aliphatic rings. The van der Waals surface area contributed by atoms with Crippen LogP contribution in [0.1, 0.15) is 24.0 Å². The quantitative estimate of drug-likeness (QED) is 0.372. The number of aryl methyl sites for hydroxylation is 2. The molecule has 0 aromatic heterocycles. The molecule has 0 unspecified atom stereocenters. The Balaban J connectivity index is 1.59. The van der Waals surface area contributed by atoms with Gasteiger partial charge in [-0.05, 0) is 74.4 Å². The molecule has 0 atom stereocenters. The number of hydrogen-bond donors (Lipinski definition) is 2. The standard InChI is InChI=1S/C25H28ClN3O5S2/c1-18-6-10-22(11-7-18)28-36(33,34)23-14-12-21(13-15-23)27-25(30)5-4-16-29(35(3,31)32)24-17-20(26)9-8-19(24)2/h6-15,17,28H,4-5,16H2,1-3H3,(H,27,30). The summed E-state index contributed by atoms with van der Waals surface area (Å²) in [5, 5.41) is 3.12. The van der Waals surface area contributed by atoms with Gasteiger partial charge in [-0.15, -0.1) is 0 Å². The molecule has 0 bridgehead atoms. The van der Waals surface area contributed by atoms with Crippen molar-refractivity contribution in [3.63, 3.8) is 0 Å². The molecule has 3 aromatic carbocycles. The third-order valence-corrected chi connectivity index (χ3v) is 8.17. The Labute approximate surface area is 217 Å². The van der Waals surface area contributed by atoms with Gasteiger partial charge in [-0.1, -0.05) is 35.4 Å². The number of benzene rings is 3. The molecule has 0 saturated heterocycles. The van der Waals surface area contributed by atoms with Crippen LogP contribution >= 0.6 is 11.6 Å². The average Bonchev–Trinajstić information content (AvgIpc) is 2.79. The van der Waals surface area contributed by atoms with Gasteiger partial charge in [0, 0.05) is 29.4 Å². The van der Waals surface area contributed by atoms with E-state index in [0.717, 1.165) is 17.4 Å². The van der Waals surface area contributed by atoms with Crippen LogP contribution in [-0.4, -0.2) is 35.5 Å². The molecule has 36 heavy (non-hydrogen) atoms. The van der Waals surface area contributed by atoms with Crippen molar-refractivity contribution in [3.05, 3.63) is 82.9 Å². The molecular formula is C25H28ClN3O5S2. The van der Waals surface area contributed by atoms with Crippen LogP contribution in [0, 0.1) is 13.8 Å². The van der Waals surface area contributed by atoms with Crippen molar-refractivity contribution in [1.29, 1.82) is 0 Å². The lowest BCUT2D eigenvalue weighted by Gasteiger charge is -2.24. The largest absolute Gasteiger partial charge is 0.326 e. The Bertz CT molecular complexity index is 1440. The number of carbonyl (C=O) groups is 1. The molecule has 0 radical (unpaired) electrons. The first-order chi connectivity index (χ1) is 16.8. The van der Waals surface area contributed by atoms with Crippen LogP contribution in [0.5, 0.6) is 0 Å². The molecular weight excluding hydrogens is 522 g/mol. The Morgan fingerprint density at radius 2 is 1.50 bits per heavy atom. The van der Waals surface area contributed by atoms with Crippen molar-refractivity contribution in [3.8, 4) is 0 Å². The first kappa shape index (κ1) is 27.5. The maximum absolute atomic E-state index is 12.6. The van der Waals surface area contributed by atoms with Crippen molar-refractivity contribution in [2.24, 2.45) is 0 Å². The molecule has 0 spiro atoms. The first-order valence-electron chi connectivity index (χ1n) is 11.1. The van der Waals surface area contributed by atoms with Crippen LogP contribution in [0.15, 0.2) is 71.6 Å². The lowest BCUT2D eigenvalue weighted by Crippen LogP contribution is -2.32. The minimum atomic E-state index is -3.78. The van der Waals surface area contributed by atoms with Gasteiger partial charge in [0.25, 0.3) is 10.0 Å². The molecule has 3 aromatic rings. The molecule has 2 N–H and O–H groups in total. The number of nitrogens with zero attached hydrogens (tertiary/aromatic N) is 1. The highest BCUT2D eigenvalue weighted by molar-refractivity contribution is 7.92. The zero-order chi connectivity index (χ0) is 26.5. The van der Waals surface area contributed by atoms with Gasteiger partial charge in [0.2, 0.25) is 15.9 Å². The topological polar surface area (TPSA) is 113 Å². The maximum Gasteiger partial charge on any atom is 0.261 e. The lowest BCUT2D eigenvalue weighted by molar-refractivity contribution is -0.116. The van der Waals surface area contributed by atoms with Gasteiger partial charge >= 0.3 is 0 Å². The lowest BCUT2D eigenvalue weighted by atomic mass is 10.2. The third kappa shape index (κ3) is 7.46. The zero-order valence-electron chi connectivity index (χ0n) is 20.2. The maximum atomic E-state index is 12.6. The summed E-state index contributed by atoms with van der Waals surface area (Å²) in [6, 6.07) is 17.8. The minimum absolute atomic E-state index is 0.0572. The van der Waals surface area contributed by atoms with Crippen LogP contribution < -0.4 is 14.3 Å². The second-order valence-electron chi connectivity index (χ2n) is 8.41. The number of anilines is 3. The smallest absolute Gasteiger partial charge is 0.261 e. The summed E-state index contributed by atoms with van der Waals surface area (Å²) in [6.45, 7) is 3.80. The van der Waals surface area contributed by atoms with Crippen molar-refractivity contribution >= 4 is 54.6 Å². The molecule has 192 valence electrons. The van der Waals surface area contributed by atoms with Crippen LogP contribution in [0.25, 0.3) is 0 Å². The Morgan fingerprint density at radius 3 is 2.11 bits per heavy atom. The number of carbonyl (C=O) groups excluding carboxylic acids is 1. The van der Waals surface area contributed by atoms with Gasteiger partial charge in [0.15, 0.2) is 0 Å². The van der Waals surface area contributed by atoms with Gasteiger partial charge in [-0.2, -0.15) is 0 Å². The first-order valence-corrected chi connectivity index (χ1v) is 14.8. The second kappa shape index (κ2) is 11.3. The summed E-state index contributed by atoms with van der Waals surface area (Å²) in [6.07, 6.45) is 1.45. The molecule has 0 saturated carbocycles. The second-order valence-corrected chi connectivity index (χ2v) is 12.4. The van der Waals surface area contributed by atoms with Gasteiger partial charge in [0.05, 0.1) is 16.8 Å². The summed E-state index contributed by atoms with van der Waals surface area (Å²) in [4.78, 5) is 12.5. The molecule has 0 aliphatic carbocycles. The number of amides is 1. The summed E-state index contributed by atoms with van der Waals surface area (Å²) < 4.78 is 53.6. The number of rotatable bonds is 10. The number of halogens is 1. The van der Waals surface area contributed by atoms with E-state index in [1.165, 1.54) is 28.6 Å². The molecule has 1 amide bonds. The van der Waals surface area contributed by atoms with Crippen molar-refractivity contribution in [2.75, 3.05) is 27.1 Å². The highest BCUT2D eigenvalue weighted by Crippen LogP contribution is 2.27. The van der Waals surface area contributed by atoms with Crippen LogP contribution in [-0.2, 0) is 24.8 Å². The van der Waals surface area contributed by atoms with E-state index in [0.29, 0.717) is 22.1 Å². The van der Waals surface area contributed by atoms with Gasteiger partial charge in [0.1, 0.15) is 0 Å². The van der Waals surface area contributed by atoms with E-state index in [1.54, 1.807) is 37.3 Å². The highest BCUT2D eigenvalue weighted by atomic mass is 35.5. The van der Waals surface area contributed by atoms with Crippen molar-refractivity contribution < 1.29 is 21.6 Å². The Kier molecular flexibility index (Phi) is 8.65. The molecule has 11 heteroatoms. The van der Waals surface area contributed by atoms with Gasteiger partial charge in [-0.25, -0.2) is 16.8 Å². The van der Waals surface area contributed by atoms with Crippen molar-refractivity contribution in [2.45, 2.75) is 31.6 Å². The average molecular weight is 550 g/mol. The molecule has 8 nitrogen and oxygen atoms in total. The molecule has 0 heterocycles. The van der Waals surface area contributed by atoms with E-state index in [-0.39, 0.29) is 30.2 Å². The number of nitrogens with one attached hydrogen (secondary N) is 2. The van der Waals surface area contributed by atoms with E-state index in [2.05, 4.69) is 10.0 Å². The molecule has 3 rings (SSSR count). The highest BCUT2D eigenvalue weighted by Gasteiger charge is 2.20. The molecule has 0 aliphatic heterocycles. The SMILES string of the molecule is Cc1ccc(NS(=O)(=O)c2ccc(NC(=O)CCCN(c3cc(Cl)ccc3C)S(C)(=O)=O)cc2)cc1. The molecule has 0 fully saturated rings. The fourth-order valence-corrected chi connectivity index (χ4v) is 5.72. The van der Waals surface area contributed by atoms with E-state index < -0.39 is 20.0 Å². The van der Waals surface area contributed by atoms with Crippen LogP contribution in [0.2, 0.25) is 5.02 Å².